The summed E-state index contributed by atoms with van der Waals surface area (Å²) in [5.74, 6) is 0.771. The van der Waals surface area contributed by atoms with Crippen LogP contribution >= 0.6 is 24.0 Å². The lowest BCUT2D eigenvalue weighted by molar-refractivity contribution is 0.0963. The molecule has 0 saturated heterocycles. The van der Waals surface area contributed by atoms with Crippen molar-refractivity contribution in [1.29, 1.82) is 0 Å². The van der Waals surface area contributed by atoms with Gasteiger partial charge in [0.05, 0.1) is 0 Å². The number of hydrogen-bond donors (Lipinski definition) is 3. The van der Waals surface area contributed by atoms with Crippen molar-refractivity contribution in [3.63, 3.8) is 0 Å². The average Bonchev–Trinajstić information content (AvgIpc) is 2.56. The highest BCUT2D eigenvalue weighted by molar-refractivity contribution is 14.0. The highest BCUT2D eigenvalue weighted by atomic mass is 127. The second kappa shape index (κ2) is 9.86. The molecule has 0 radical (unpaired) electrons. The Morgan fingerprint density at radius 2 is 1.88 bits per heavy atom. The van der Waals surface area contributed by atoms with E-state index in [2.05, 4.69) is 27.9 Å². The van der Waals surface area contributed by atoms with E-state index in [-0.39, 0.29) is 29.9 Å². The van der Waals surface area contributed by atoms with Gasteiger partial charge in [-0.2, -0.15) is 0 Å². The second-order valence-electron chi connectivity index (χ2n) is 6.26. The Morgan fingerprint density at radius 3 is 2.33 bits per heavy atom. The lowest BCUT2D eigenvalue weighted by Crippen LogP contribution is -2.46. The summed E-state index contributed by atoms with van der Waals surface area (Å²) in [6.45, 7) is 3.94. The number of halogens is 1. The SMILES string of the molecule is CCC1(CNC(=NC)NCc2ccc(C(=O)NC)cc2)CCC1.I. The predicted molar refractivity (Wildman–Crippen MR) is 110 cm³/mol. The minimum Gasteiger partial charge on any atom is -0.356 e. The summed E-state index contributed by atoms with van der Waals surface area (Å²) in [6, 6.07) is 7.60. The zero-order chi connectivity index (χ0) is 16.7. The molecule has 1 amide bonds. The number of aliphatic imine (C=N–C) groups is 1. The van der Waals surface area contributed by atoms with E-state index in [0.717, 1.165) is 18.1 Å². The van der Waals surface area contributed by atoms with Crippen molar-refractivity contribution in [3.8, 4) is 0 Å². The van der Waals surface area contributed by atoms with Crippen LogP contribution in [0.15, 0.2) is 29.3 Å². The number of benzene rings is 1. The van der Waals surface area contributed by atoms with Gasteiger partial charge < -0.3 is 16.0 Å². The van der Waals surface area contributed by atoms with Crippen LogP contribution in [0, 0.1) is 5.41 Å². The molecular weight excluding hydrogens is 415 g/mol. The van der Waals surface area contributed by atoms with Crippen LogP contribution in [0.1, 0.15) is 48.5 Å². The van der Waals surface area contributed by atoms with Crippen LogP contribution in [0.3, 0.4) is 0 Å². The summed E-state index contributed by atoms with van der Waals surface area (Å²) in [6.07, 6.45) is 5.19. The zero-order valence-electron chi connectivity index (χ0n) is 14.8. The molecule has 0 unspecified atom stereocenters. The molecule has 1 fully saturated rings. The number of guanidine groups is 1. The summed E-state index contributed by atoms with van der Waals surface area (Å²) < 4.78 is 0. The maximum Gasteiger partial charge on any atom is 0.251 e. The monoisotopic (exact) mass is 444 g/mol. The van der Waals surface area contributed by atoms with Crippen molar-refractivity contribution < 1.29 is 4.79 Å². The van der Waals surface area contributed by atoms with Crippen LogP contribution in [0.2, 0.25) is 0 Å². The van der Waals surface area contributed by atoms with Crippen molar-refractivity contribution in [2.24, 2.45) is 10.4 Å². The van der Waals surface area contributed by atoms with E-state index in [0.29, 0.717) is 17.5 Å². The van der Waals surface area contributed by atoms with Gasteiger partial charge in [-0.15, -0.1) is 24.0 Å². The molecule has 1 aliphatic carbocycles. The van der Waals surface area contributed by atoms with Crippen LogP contribution in [-0.2, 0) is 6.54 Å². The summed E-state index contributed by atoms with van der Waals surface area (Å²) in [5.41, 5.74) is 2.26. The molecule has 0 atom stereocenters. The first kappa shape index (κ1) is 20.7. The van der Waals surface area contributed by atoms with Gasteiger partial charge in [0.2, 0.25) is 0 Å². The minimum absolute atomic E-state index is 0. The molecule has 24 heavy (non-hydrogen) atoms. The highest BCUT2D eigenvalue weighted by Gasteiger charge is 2.34. The molecule has 1 aromatic carbocycles. The van der Waals surface area contributed by atoms with E-state index in [1.165, 1.54) is 25.7 Å². The zero-order valence-corrected chi connectivity index (χ0v) is 17.1. The van der Waals surface area contributed by atoms with E-state index in [1.807, 2.05) is 24.3 Å². The quantitative estimate of drug-likeness (QED) is 0.359. The Labute approximate surface area is 162 Å². The summed E-state index contributed by atoms with van der Waals surface area (Å²) >= 11 is 0. The van der Waals surface area contributed by atoms with Gasteiger partial charge >= 0.3 is 0 Å². The molecule has 5 nitrogen and oxygen atoms in total. The van der Waals surface area contributed by atoms with Crippen molar-refractivity contribution >= 4 is 35.8 Å². The fraction of sp³-hybridized carbons (Fsp3) is 0.556. The number of rotatable bonds is 6. The second-order valence-corrected chi connectivity index (χ2v) is 6.26. The topological polar surface area (TPSA) is 65.5 Å². The van der Waals surface area contributed by atoms with Gasteiger partial charge in [-0.05, 0) is 42.4 Å². The molecule has 2 rings (SSSR count). The molecule has 0 aromatic heterocycles. The molecule has 0 bridgehead atoms. The van der Waals surface area contributed by atoms with Crippen LogP contribution < -0.4 is 16.0 Å². The van der Waals surface area contributed by atoms with Crippen LogP contribution in [-0.4, -0.2) is 32.5 Å². The number of amides is 1. The molecule has 0 heterocycles. The molecule has 0 spiro atoms. The van der Waals surface area contributed by atoms with Crippen LogP contribution in [0.4, 0.5) is 0 Å². The van der Waals surface area contributed by atoms with Gasteiger partial charge in [-0.1, -0.05) is 25.5 Å². The maximum absolute atomic E-state index is 11.5. The number of hydrogen-bond acceptors (Lipinski definition) is 2. The predicted octanol–water partition coefficient (Wildman–Crippen LogP) is 2.91. The lowest BCUT2D eigenvalue weighted by Gasteiger charge is -2.41. The fourth-order valence-electron chi connectivity index (χ4n) is 2.93. The molecule has 0 aliphatic heterocycles. The maximum atomic E-state index is 11.5. The number of nitrogens with zero attached hydrogens (tertiary/aromatic N) is 1. The third-order valence-electron chi connectivity index (χ3n) is 4.92. The Bertz CT molecular complexity index is 547. The van der Waals surface area contributed by atoms with E-state index in [1.54, 1.807) is 14.1 Å². The highest BCUT2D eigenvalue weighted by Crippen LogP contribution is 2.42. The smallest absolute Gasteiger partial charge is 0.251 e. The Morgan fingerprint density at radius 1 is 1.21 bits per heavy atom. The molecule has 6 heteroatoms. The van der Waals surface area contributed by atoms with E-state index >= 15 is 0 Å². The van der Waals surface area contributed by atoms with Crippen molar-refractivity contribution in [1.82, 2.24) is 16.0 Å². The summed E-state index contributed by atoms with van der Waals surface area (Å²) in [5, 5.41) is 9.40. The van der Waals surface area contributed by atoms with E-state index < -0.39 is 0 Å². The van der Waals surface area contributed by atoms with Crippen LogP contribution in [0.25, 0.3) is 0 Å². The summed E-state index contributed by atoms with van der Waals surface area (Å²) in [7, 11) is 3.43. The molecule has 1 aromatic rings. The van der Waals surface area contributed by atoms with Gasteiger partial charge in [-0.25, -0.2) is 0 Å². The number of nitrogens with one attached hydrogen (secondary N) is 3. The van der Waals surface area contributed by atoms with Gasteiger partial charge in [0.1, 0.15) is 0 Å². The molecule has 134 valence electrons. The lowest BCUT2D eigenvalue weighted by atomic mass is 9.67. The van der Waals surface area contributed by atoms with Gasteiger partial charge in [0, 0.05) is 32.7 Å². The van der Waals surface area contributed by atoms with Gasteiger partial charge in [0.25, 0.3) is 5.91 Å². The van der Waals surface area contributed by atoms with Gasteiger partial charge in [0.15, 0.2) is 5.96 Å². The minimum atomic E-state index is -0.0626. The third-order valence-corrected chi connectivity index (χ3v) is 4.92. The Balaban J connectivity index is 0.00000288. The van der Waals surface area contributed by atoms with Crippen molar-refractivity contribution in [2.75, 3.05) is 20.6 Å². The first-order valence-electron chi connectivity index (χ1n) is 8.38. The summed E-state index contributed by atoms with van der Waals surface area (Å²) in [4.78, 5) is 15.8. The number of carbonyl (C=O) groups excluding carboxylic acids is 1. The van der Waals surface area contributed by atoms with Crippen molar-refractivity contribution in [2.45, 2.75) is 39.2 Å². The van der Waals surface area contributed by atoms with Crippen molar-refractivity contribution in [3.05, 3.63) is 35.4 Å². The third kappa shape index (κ3) is 5.36. The Hall–Kier alpha value is -1.31. The molecule has 1 saturated carbocycles. The first-order chi connectivity index (χ1) is 11.1. The Kier molecular flexibility index (Phi) is 8.52. The number of carbonyl (C=O) groups is 1. The first-order valence-corrected chi connectivity index (χ1v) is 8.38. The largest absolute Gasteiger partial charge is 0.356 e. The van der Waals surface area contributed by atoms with E-state index in [4.69, 9.17) is 0 Å². The average molecular weight is 444 g/mol. The normalized spacial score (nSPS) is 15.7. The van der Waals surface area contributed by atoms with E-state index in [9.17, 15) is 4.79 Å². The van der Waals surface area contributed by atoms with Gasteiger partial charge in [-0.3, -0.25) is 9.79 Å². The standard InChI is InChI=1S/C18H28N4O.HI/c1-4-18(10-5-11-18)13-22-17(20-3)21-12-14-6-8-15(9-7-14)16(23)19-2;/h6-9H,4-5,10-13H2,1-3H3,(H,19,23)(H2,20,21,22);1H. The molecular formula is C18H29IN4O. The molecule has 1 aliphatic rings. The fourth-order valence-corrected chi connectivity index (χ4v) is 2.93. The van der Waals surface area contributed by atoms with Crippen LogP contribution in [0.5, 0.6) is 0 Å². The molecule has 3 N–H and O–H groups in total.